The van der Waals surface area contributed by atoms with E-state index in [0.29, 0.717) is 18.7 Å². The lowest BCUT2D eigenvalue weighted by Gasteiger charge is -2.15. The average Bonchev–Trinajstić information content (AvgIpc) is 2.60. The fraction of sp³-hybridized carbons (Fsp3) is 0.333. The number of anilines is 1. The minimum Gasteiger partial charge on any atom is -0.380 e. The number of carbonyl (C=O) groups excluding carboxylic acids is 1. The fourth-order valence-electron chi connectivity index (χ4n) is 2.15. The molecule has 0 spiro atoms. The van der Waals surface area contributed by atoms with Crippen LogP contribution in [0.4, 0.5) is 5.69 Å². The van der Waals surface area contributed by atoms with Crippen LogP contribution in [0.5, 0.6) is 0 Å². The largest absolute Gasteiger partial charge is 0.380 e. The molecule has 23 heavy (non-hydrogen) atoms. The molecule has 2 N–H and O–H groups in total. The van der Waals surface area contributed by atoms with Crippen molar-refractivity contribution in [3.63, 3.8) is 0 Å². The molecule has 1 heterocycles. The Balaban J connectivity index is 1.95. The van der Waals surface area contributed by atoms with Gasteiger partial charge in [-0.3, -0.25) is 9.78 Å². The third kappa shape index (κ3) is 5.38. The topological polar surface area (TPSA) is 57.3 Å². The smallest absolute Gasteiger partial charge is 0.253 e. The lowest BCUT2D eigenvalue weighted by Crippen LogP contribution is -2.33. The normalized spacial score (nSPS) is 10.6. The molecule has 0 aliphatic rings. The van der Waals surface area contributed by atoms with Crippen molar-refractivity contribution in [2.75, 3.05) is 32.0 Å². The van der Waals surface area contributed by atoms with E-state index in [4.69, 9.17) is 0 Å². The van der Waals surface area contributed by atoms with Crippen LogP contribution in [0.15, 0.2) is 48.8 Å². The molecule has 122 valence electrons. The van der Waals surface area contributed by atoms with Crippen LogP contribution in [0, 0.1) is 0 Å². The number of aromatic nitrogens is 1. The van der Waals surface area contributed by atoms with E-state index < -0.39 is 0 Å². The van der Waals surface area contributed by atoms with E-state index in [-0.39, 0.29) is 5.91 Å². The van der Waals surface area contributed by atoms with E-state index in [1.807, 2.05) is 49.6 Å². The number of pyridine rings is 1. The van der Waals surface area contributed by atoms with Crippen molar-refractivity contribution in [1.29, 1.82) is 0 Å². The van der Waals surface area contributed by atoms with E-state index in [2.05, 4.69) is 27.4 Å². The molecule has 0 saturated carbocycles. The summed E-state index contributed by atoms with van der Waals surface area (Å²) >= 11 is 0. The van der Waals surface area contributed by atoms with Crippen LogP contribution in [-0.4, -0.2) is 42.5 Å². The zero-order valence-corrected chi connectivity index (χ0v) is 13.7. The van der Waals surface area contributed by atoms with Crippen molar-refractivity contribution in [2.24, 2.45) is 0 Å². The van der Waals surface area contributed by atoms with Gasteiger partial charge in [-0.1, -0.05) is 25.1 Å². The number of nitrogens with zero attached hydrogens (tertiary/aromatic N) is 2. The molecule has 0 aliphatic carbocycles. The molecular weight excluding hydrogens is 288 g/mol. The number of para-hydroxylation sites is 1. The summed E-state index contributed by atoms with van der Waals surface area (Å²) in [6.45, 7) is 5.18. The Hall–Kier alpha value is -2.40. The molecule has 0 radical (unpaired) electrons. The monoisotopic (exact) mass is 312 g/mol. The van der Waals surface area contributed by atoms with Gasteiger partial charge in [0.05, 0.1) is 5.56 Å². The van der Waals surface area contributed by atoms with Crippen molar-refractivity contribution in [2.45, 2.75) is 13.5 Å². The molecule has 5 heteroatoms. The van der Waals surface area contributed by atoms with Gasteiger partial charge in [-0.25, -0.2) is 0 Å². The second-order valence-electron chi connectivity index (χ2n) is 5.41. The van der Waals surface area contributed by atoms with Gasteiger partial charge in [0.25, 0.3) is 5.91 Å². The van der Waals surface area contributed by atoms with Gasteiger partial charge in [0.15, 0.2) is 0 Å². The summed E-state index contributed by atoms with van der Waals surface area (Å²) < 4.78 is 0. The number of amides is 1. The van der Waals surface area contributed by atoms with Gasteiger partial charge in [0.1, 0.15) is 0 Å². The first-order chi connectivity index (χ1) is 11.2. The molecule has 0 fully saturated rings. The number of likely N-dealkylation sites (N-methyl/N-ethyl adjacent to an activating group) is 1. The van der Waals surface area contributed by atoms with Crippen molar-refractivity contribution >= 4 is 11.6 Å². The average molecular weight is 312 g/mol. The molecule has 2 aromatic rings. The van der Waals surface area contributed by atoms with Gasteiger partial charge in [-0.15, -0.1) is 0 Å². The third-order valence-electron chi connectivity index (χ3n) is 3.70. The summed E-state index contributed by atoms with van der Waals surface area (Å²) in [5.41, 5.74) is 2.57. The summed E-state index contributed by atoms with van der Waals surface area (Å²) in [6.07, 6.45) is 3.56. The van der Waals surface area contributed by atoms with E-state index in [1.54, 1.807) is 6.20 Å². The summed E-state index contributed by atoms with van der Waals surface area (Å²) in [4.78, 5) is 18.6. The molecular formula is C18H24N4O. The molecule has 0 bridgehead atoms. The van der Waals surface area contributed by atoms with Gasteiger partial charge in [0, 0.05) is 37.7 Å². The highest BCUT2D eigenvalue weighted by molar-refractivity contribution is 5.99. The van der Waals surface area contributed by atoms with Crippen LogP contribution in [0.1, 0.15) is 22.8 Å². The molecule has 0 unspecified atom stereocenters. The summed E-state index contributed by atoms with van der Waals surface area (Å²) in [5.74, 6) is -0.0520. The molecule has 1 aromatic carbocycles. The molecule has 0 aliphatic heterocycles. The quantitative estimate of drug-likeness (QED) is 0.786. The molecule has 5 nitrogen and oxygen atoms in total. The zero-order valence-electron chi connectivity index (χ0n) is 13.7. The lowest BCUT2D eigenvalue weighted by atomic mass is 10.1. The van der Waals surface area contributed by atoms with Crippen molar-refractivity contribution in [1.82, 2.24) is 15.2 Å². The Kier molecular flexibility index (Phi) is 6.56. The Morgan fingerprint density at radius 2 is 2.04 bits per heavy atom. The van der Waals surface area contributed by atoms with Crippen molar-refractivity contribution in [3.05, 3.63) is 59.9 Å². The minimum absolute atomic E-state index is 0.0520. The number of hydrogen-bond acceptors (Lipinski definition) is 4. The van der Waals surface area contributed by atoms with Crippen LogP contribution < -0.4 is 10.6 Å². The summed E-state index contributed by atoms with van der Waals surface area (Å²) in [5, 5.41) is 6.28. The highest BCUT2D eigenvalue weighted by Crippen LogP contribution is 2.16. The fourth-order valence-corrected chi connectivity index (χ4v) is 2.15. The molecule has 1 aromatic heterocycles. The predicted molar refractivity (Wildman–Crippen MR) is 93.5 cm³/mol. The SMILES string of the molecule is CCN(C)CCNC(=O)c1ccccc1NCc1cccnc1. The Bertz CT molecular complexity index is 615. The summed E-state index contributed by atoms with van der Waals surface area (Å²) in [7, 11) is 2.04. The van der Waals surface area contributed by atoms with Gasteiger partial charge in [-0.2, -0.15) is 0 Å². The standard InChI is InChI=1S/C18H24N4O/c1-3-22(2)12-11-20-18(23)16-8-4-5-9-17(16)21-14-15-7-6-10-19-13-15/h4-10,13,21H,3,11-12,14H2,1-2H3,(H,20,23). The van der Waals surface area contributed by atoms with Gasteiger partial charge in [0.2, 0.25) is 0 Å². The molecule has 0 atom stereocenters. The van der Waals surface area contributed by atoms with Crippen molar-refractivity contribution < 1.29 is 4.79 Å². The second kappa shape index (κ2) is 8.90. The van der Waals surface area contributed by atoms with Crippen LogP contribution in [0.25, 0.3) is 0 Å². The highest BCUT2D eigenvalue weighted by atomic mass is 16.1. The number of benzene rings is 1. The van der Waals surface area contributed by atoms with E-state index >= 15 is 0 Å². The van der Waals surface area contributed by atoms with Crippen LogP contribution in [-0.2, 0) is 6.54 Å². The first-order valence-electron chi connectivity index (χ1n) is 7.89. The van der Waals surface area contributed by atoms with Gasteiger partial charge < -0.3 is 15.5 Å². The van der Waals surface area contributed by atoms with Gasteiger partial charge >= 0.3 is 0 Å². The maximum Gasteiger partial charge on any atom is 0.253 e. The summed E-state index contributed by atoms with van der Waals surface area (Å²) in [6, 6.07) is 11.5. The maximum absolute atomic E-state index is 12.4. The highest BCUT2D eigenvalue weighted by Gasteiger charge is 2.10. The Labute approximate surface area is 137 Å². The van der Waals surface area contributed by atoms with Crippen LogP contribution in [0.2, 0.25) is 0 Å². The van der Waals surface area contributed by atoms with Crippen LogP contribution in [0.3, 0.4) is 0 Å². The first-order valence-corrected chi connectivity index (χ1v) is 7.89. The van der Waals surface area contributed by atoms with E-state index in [0.717, 1.165) is 24.3 Å². The molecule has 2 rings (SSSR count). The van der Waals surface area contributed by atoms with E-state index in [1.165, 1.54) is 0 Å². The third-order valence-corrected chi connectivity index (χ3v) is 3.70. The number of rotatable bonds is 8. The predicted octanol–water partition coefficient (Wildman–Crippen LogP) is 2.38. The van der Waals surface area contributed by atoms with Crippen molar-refractivity contribution in [3.8, 4) is 0 Å². The van der Waals surface area contributed by atoms with E-state index in [9.17, 15) is 4.79 Å². The number of hydrogen-bond donors (Lipinski definition) is 2. The lowest BCUT2D eigenvalue weighted by molar-refractivity contribution is 0.0951. The number of nitrogens with one attached hydrogen (secondary N) is 2. The van der Waals surface area contributed by atoms with Crippen LogP contribution >= 0.6 is 0 Å². The van der Waals surface area contributed by atoms with Gasteiger partial charge in [-0.05, 0) is 37.4 Å². The first kappa shape index (κ1) is 17.0. The molecule has 1 amide bonds. The maximum atomic E-state index is 12.4. The second-order valence-corrected chi connectivity index (χ2v) is 5.41. The minimum atomic E-state index is -0.0520. The zero-order chi connectivity index (χ0) is 16.5. The molecule has 0 saturated heterocycles. The number of carbonyl (C=O) groups is 1. The Morgan fingerprint density at radius 3 is 2.78 bits per heavy atom. The Morgan fingerprint density at radius 1 is 1.22 bits per heavy atom.